The average Bonchev–Trinajstić information content (AvgIpc) is 2.40. The van der Waals surface area contributed by atoms with Gasteiger partial charge in [-0.25, -0.2) is 4.98 Å². The molecule has 0 unspecified atom stereocenters. The first-order chi connectivity index (χ1) is 8.75. The number of rotatable bonds is 5. The smallest absolute Gasteiger partial charge is 0.147 e. The third-order valence-corrected chi connectivity index (χ3v) is 2.48. The second-order valence-electron chi connectivity index (χ2n) is 4.03. The van der Waals surface area contributed by atoms with Gasteiger partial charge in [-0.05, 0) is 26.0 Å². The molecule has 18 heavy (non-hydrogen) atoms. The summed E-state index contributed by atoms with van der Waals surface area (Å²) in [5.41, 5.74) is 1.81. The Kier molecular flexibility index (Phi) is 4.12. The Hall–Kier alpha value is -2.10. The van der Waals surface area contributed by atoms with E-state index in [-0.39, 0.29) is 0 Å². The van der Waals surface area contributed by atoms with Crippen molar-refractivity contribution in [3.63, 3.8) is 0 Å². The lowest BCUT2D eigenvalue weighted by Gasteiger charge is -2.09. The Bertz CT molecular complexity index is 500. The molecule has 4 nitrogen and oxygen atoms in total. The zero-order valence-corrected chi connectivity index (χ0v) is 10.7. The molecule has 0 amide bonds. The maximum Gasteiger partial charge on any atom is 0.147 e. The number of aromatic nitrogens is 2. The summed E-state index contributed by atoms with van der Waals surface area (Å²) >= 11 is 0. The highest BCUT2D eigenvalue weighted by atomic mass is 16.5. The zero-order chi connectivity index (χ0) is 12.8. The van der Waals surface area contributed by atoms with E-state index in [9.17, 15) is 0 Å². The van der Waals surface area contributed by atoms with Crippen molar-refractivity contribution in [1.82, 2.24) is 9.97 Å². The average molecular weight is 243 g/mol. The molecule has 0 aliphatic carbocycles. The topological polar surface area (TPSA) is 47.0 Å². The van der Waals surface area contributed by atoms with Gasteiger partial charge >= 0.3 is 0 Å². The minimum absolute atomic E-state index is 0.596. The first-order valence-corrected chi connectivity index (χ1v) is 5.97. The van der Waals surface area contributed by atoms with Gasteiger partial charge in [-0.1, -0.05) is 18.2 Å². The van der Waals surface area contributed by atoms with Crippen molar-refractivity contribution in [2.45, 2.75) is 13.8 Å². The van der Waals surface area contributed by atoms with Crippen LogP contribution in [0.3, 0.4) is 0 Å². The summed E-state index contributed by atoms with van der Waals surface area (Å²) < 4.78 is 5.59. The lowest BCUT2D eigenvalue weighted by atomic mass is 10.3. The molecule has 0 saturated carbocycles. The quantitative estimate of drug-likeness (QED) is 0.820. The van der Waals surface area contributed by atoms with Crippen LogP contribution < -0.4 is 10.1 Å². The monoisotopic (exact) mass is 243 g/mol. The van der Waals surface area contributed by atoms with Crippen LogP contribution in [-0.2, 0) is 0 Å². The Morgan fingerprint density at radius 1 is 1.17 bits per heavy atom. The van der Waals surface area contributed by atoms with Crippen LogP contribution in [0, 0.1) is 13.8 Å². The van der Waals surface area contributed by atoms with Gasteiger partial charge in [0.05, 0.1) is 17.9 Å². The molecule has 94 valence electrons. The molecule has 0 aliphatic rings. The molecule has 1 heterocycles. The van der Waals surface area contributed by atoms with E-state index in [4.69, 9.17) is 4.74 Å². The van der Waals surface area contributed by atoms with E-state index in [1.807, 2.05) is 44.2 Å². The molecule has 0 spiro atoms. The van der Waals surface area contributed by atoms with Crippen LogP contribution >= 0.6 is 0 Å². The molecule has 0 radical (unpaired) electrons. The predicted octanol–water partition coefficient (Wildman–Crippen LogP) is 2.58. The molecule has 0 aliphatic heterocycles. The van der Waals surface area contributed by atoms with Gasteiger partial charge in [-0.2, -0.15) is 0 Å². The van der Waals surface area contributed by atoms with Crippen LogP contribution in [0.4, 0.5) is 5.82 Å². The predicted molar refractivity (Wildman–Crippen MR) is 71.9 cm³/mol. The van der Waals surface area contributed by atoms with E-state index in [1.54, 1.807) is 6.20 Å². The van der Waals surface area contributed by atoms with Crippen molar-refractivity contribution in [2.24, 2.45) is 0 Å². The summed E-state index contributed by atoms with van der Waals surface area (Å²) in [4.78, 5) is 8.64. The van der Waals surface area contributed by atoms with Gasteiger partial charge in [-0.3, -0.25) is 4.98 Å². The summed E-state index contributed by atoms with van der Waals surface area (Å²) in [7, 11) is 0. The fourth-order valence-electron chi connectivity index (χ4n) is 1.56. The second kappa shape index (κ2) is 6.00. The summed E-state index contributed by atoms with van der Waals surface area (Å²) in [6, 6.07) is 9.77. The molecule has 2 aromatic rings. The lowest BCUT2D eigenvalue weighted by Crippen LogP contribution is -2.13. The van der Waals surface area contributed by atoms with Gasteiger partial charge in [-0.15, -0.1) is 0 Å². The second-order valence-corrected chi connectivity index (χ2v) is 4.03. The van der Waals surface area contributed by atoms with E-state index in [1.165, 1.54) is 0 Å². The summed E-state index contributed by atoms with van der Waals surface area (Å²) in [5, 5.41) is 3.23. The van der Waals surface area contributed by atoms with Gasteiger partial charge in [0.2, 0.25) is 0 Å². The van der Waals surface area contributed by atoms with E-state index in [0.29, 0.717) is 13.2 Å². The third kappa shape index (κ3) is 3.45. The molecule has 0 atom stereocenters. The molecule has 0 bridgehead atoms. The normalized spacial score (nSPS) is 10.1. The van der Waals surface area contributed by atoms with Crippen molar-refractivity contribution in [1.29, 1.82) is 0 Å². The minimum Gasteiger partial charge on any atom is -0.492 e. The Morgan fingerprint density at radius 2 is 1.94 bits per heavy atom. The maximum atomic E-state index is 5.59. The maximum absolute atomic E-state index is 5.59. The van der Waals surface area contributed by atoms with Crippen LogP contribution in [0.1, 0.15) is 11.4 Å². The number of hydrogen-bond donors (Lipinski definition) is 1. The number of anilines is 1. The highest BCUT2D eigenvalue weighted by molar-refractivity contribution is 5.39. The highest BCUT2D eigenvalue weighted by Gasteiger charge is 2.00. The summed E-state index contributed by atoms with van der Waals surface area (Å²) in [6.07, 6.45) is 1.76. The largest absolute Gasteiger partial charge is 0.492 e. The number of ether oxygens (including phenoxy) is 1. The Morgan fingerprint density at radius 3 is 2.72 bits per heavy atom. The fraction of sp³-hybridized carbons (Fsp3) is 0.286. The van der Waals surface area contributed by atoms with E-state index in [2.05, 4.69) is 15.3 Å². The first-order valence-electron chi connectivity index (χ1n) is 5.97. The number of para-hydroxylation sites is 1. The molecule has 1 aromatic carbocycles. The zero-order valence-electron chi connectivity index (χ0n) is 10.7. The van der Waals surface area contributed by atoms with Crippen molar-refractivity contribution < 1.29 is 4.74 Å². The van der Waals surface area contributed by atoms with Crippen molar-refractivity contribution in [2.75, 3.05) is 18.5 Å². The van der Waals surface area contributed by atoms with Gasteiger partial charge in [0.15, 0.2) is 0 Å². The standard InChI is InChI=1S/C14H17N3O/c1-11-10-16-12(2)14(17-11)15-8-9-18-13-6-4-3-5-7-13/h3-7,10H,8-9H2,1-2H3,(H,15,17). The number of benzene rings is 1. The van der Waals surface area contributed by atoms with Gasteiger partial charge in [0, 0.05) is 6.20 Å². The van der Waals surface area contributed by atoms with Gasteiger partial charge < -0.3 is 10.1 Å². The number of aryl methyl sites for hydroxylation is 2. The highest BCUT2D eigenvalue weighted by Crippen LogP contribution is 2.09. The molecule has 1 aromatic heterocycles. The molecular weight excluding hydrogens is 226 g/mol. The first kappa shape index (κ1) is 12.4. The fourth-order valence-corrected chi connectivity index (χ4v) is 1.56. The van der Waals surface area contributed by atoms with E-state index in [0.717, 1.165) is 23.0 Å². The van der Waals surface area contributed by atoms with E-state index >= 15 is 0 Å². The number of nitrogens with zero attached hydrogens (tertiary/aromatic N) is 2. The Balaban J connectivity index is 1.80. The van der Waals surface area contributed by atoms with Crippen LogP contribution in [0.2, 0.25) is 0 Å². The molecule has 0 saturated heterocycles. The van der Waals surface area contributed by atoms with E-state index < -0.39 is 0 Å². The van der Waals surface area contributed by atoms with Gasteiger partial charge in [0.25, 0.3) is 0 Å². The van der Waals surface area contributed by atoms with Crippen molar-refractivity contribution in [3.05, 3.63) is 47.9 Å². The van der Waals surface area contributed by atoms with Gasteiger partial charge in [0.1, 0.15) is 18.2 Å². The van der Waals surface area contributed by atoms with Crippen LogP contribution in [0.15, 0.2) is 36.5 Å². The van der Waals surface area contributed by atoms with Crippen LogP contribution in [0.25, 0.3) is 0 Å². The number of hydrogen-bond acceptors (Lipinski definition) is 4. The van der Waals surface area contributed by atoms with Crippen molar-refractivity contribution >= 4 is 5.82 Å². The lowest BCUT2D eigenvalue weighted by molar-refractivity contribution is 0.332. The summed E-state index contributed by atoms with van der Waals surface area (Å²) in [5.74, 6) is 1.71. The third-order valence-electron chi connectivity index (χ3n) is 2.48. The molecule has 0 fully saturated rings. The molecule has 4 heteroatoms. The minimum atomic E-state index is 0.596. The number of nitrogens with one attached hydrogen (secondary N) is 1. The SMILES string of the molecule is Cc1cnc(C)c(NCCOc2ccccc2)n1. The molecule has 2 rings (SSSR count). The van der Waals surface area contributed by atoms with Crippen molar-refractivity contribution in [3.8, 4) is 5.75 Å². The van der Waals surface area contributed by atoms with Crippen LogP contribution in [0.5, 0.6) is 5.75 Å². The molecular formula is C14H17N3O. The molecule has 1 N–H and O–H groups in total. The Labute approximate surface area is 107 Å². The van der Waals surface area contributed by atoms with Crippen LogP contribution in [-0.4, -0.2) is 23.1 Å². The summed E-state index contributed by atoms with van der Waals surface area (Å²) in [6.45, 7) is 5.16.